The smallest absolute Gasteiger partial charge is 0.264 e. The van der Waals surface area contributed by atoms with Gasteiger partial charge >= 0.3 is 0 Å². The van der Waals surface area contributed by atoms with E-state index < -0.39 is 26.0 Å². The molecule has 0 unspecified atom stereocenters. The van der Waals surface area contributed by atoms with E-state index in [-0.39, 0.29) is 29.4 Å². The molecule has 0 radical (unpaired) electrons. The standard InChI is InChI=1S/C36H43ClN2O6S2/c1-35(2)28-14-5-7-16-30(28)38(22-10-24-46(40,41)42)32(35)20-18-26-12-9-13-27(34(26)37)19-21-33-36(3,4)29-15-6-8-17-31(29)39(33)23-11-25-47(43,44)45/h5-8,14-21H,9-13,22-25H2,1-4H3,(H-,40,41,42,43,44,45). The predicted molar refractivity (Wildman–Crippen MR) is 188 cm³/mol. The van der Waals surface area contributed by atoms with E-state index >= 15 is 0 Å². The number of nitrogens with zero attached hydrogens (tertiary/aromatic N) is 2. The van der Waals surface area contributed by atoms with Gasteiger partial charge in [-0.15, -0.1) is 0 Å². The SMILES string of the molecule is CC1(C)C(/C=C/C2=C(Cl)C(=C/C=C3\N(CCCS(=O)(=O)O)c4ccccc4C3(C)C)/CCC2)=[N+](CCCS(=O)(=O)[O-])c2ccccc21. The molecule has 1 N–H and O–H groups in total. The Morgan fingerprint density at radius 1 is 0.894 bits per heavy atom. The molecule has 0 spiro atoms. The summed E-state index contributed by atoms with van der Waals surface area (Å²) < 4.78 is 68.3. The van der Waals surface area contributed by atoms with Crippen molar-refractivity contribution < 1.29 is 30.5 Å². The van der Waals surface area contributed by atoms with Gasteiger partial charge < -0.3 is 9.45 Å². The van der Waals surface area contributed by atoms with Crippen molar-refractivity contribution in [3.8, 4) is 0 Å². The summed E-state index contributed by atoms with van der Waals surface area (Å²) in [5, 5.41) is 0.702. The first kappa shape index (κ1) is 35.3. The fourth-order valence-electron chi connectivity index (χ4n) is 7.14. The molecule has 0 atom stereocenters. The van der Waals surface area contributed by atoms with Gasteiger partial charge in [0, 0.05) is 58.3 Å². The molecular formula is C36H43ClN2O6S2. The van der Waals surface area contributed by atoms with E-state index in [1.165, 1.54) is 0 Å². The summed E-state index contributed by atoms with van der Waals surface area (Å²) in [6, 6.07) is 16.2. The Bertz CT molecular complexity index is 1940. The summed E-state index contributed by atoms with van der Waals surface area (Å²) in [6.45, 7) is 9.46. The van der Waals surface area contributed by atoms with Crippen LogP contribution in [-0.4, -0.2) is 60.8 Å². The molecule has 0 bridgehead atoms. The molecule has 11 heteroatoms. The zero-order valence-electron chi connectivity index (χ0n) is 27.4. The first-order valence-electron chi connectivity index (χ1n) is 16.0. The molecule has 1 aliphatic carbocycles. The number of benzene rings is 2. The monoisotopic (exact) mass is 698 g/mol. The molecule has 47 heavy (non-hydrogen) atoms. The number of hydrogen-bond acceptors (Lipinski definition) is 6. The number of fused-ring (bicyclic) bond motifs is 2. The van der Waals surface area contributed by atoms with Crippen LogP contribution in [0.5, 0.6) is 0 Å². The Balaban J connectivity index is 1.47. The number of halogens is 1. The lowest BCUT2D eigenvalue weighted by Gasteiger charge is -2.27. The van der Waals surface area contributed by atoms with Gasteiger partial charge in [0.1, 0.15) is 6.54 Å². The van der Waals surface area contributed by atoms with Crippen LogP contribution in [0.15, 0.2) is 94.7 Å². The lowest BCUT2D eigenvalue weighted by atomic mass is 9.81. The zero-order chi connectivity index (χ0) is 34.2. The van der Waals surface area contributed by atoms with Crippen molar-refractivity contribution in [1.29, 1.82) is 0 Å². The van der Waals surface area contributed by atoms with Crippen molar-refractivity contribution in [3.63, 3.8) is 0 Å². The summed E-state index contributed by atoms with van der Waals surface area (Å²) >= 11 is 7.08. The van der Waals surface area contributed by atoms with Gasteiger partial charge in [-0.05, 0) is 68.4 Å². The second-order valence-corrected chi connectivity index (χ2v) is 17.0. The third kappa shape index (κ3) is 7.67. The minimum absolute atomic E-state index is 0.228. The van der Waals surface area contributed by atoms with E-state index in [1.807, 2.05) is 36.4 Å². The van der Waals surface area contributed by atoms with Crippen LogP contribution in [0.3, 0.4) is 0 Å². The highest BCUT2D eigenvalue weighted by atomic mass is 35.5. The Hall–Kier alpha value is -3.02. The summed E-state index contributed by atoms with van der Waals surface area (Å²) in [5.74, 6) is -0.718. The molecule has 2 aliphatic heterocycles. The van der Waals surface area contributed by atoms with Gasteiger partial charge in [0.2, 0.25) is 5.69 Å². The predicted octanol–water partition coefficient (Wildman–Crippen LogP) is 7.12. The van der Waals surface area contributed by atoms with Crippen LogP contribution in [0.1, 0.15) is 70.9 Å². The third-order valence-electron chi connectivity index (χ3n) is 9.50. The highest BCUT2D eigenvalue weighted by Crippen LogP contribution is 2.48. The first-order valence-corrected chi connectivity index (χ1v) is 19.6. The van der Waals surface area contributed by atoms with E-state index in [0.717, 1.165) is 64.3 Å². The van der Waals surface area contributed by atoms with Crippen molar-refractivity contribution in [1.82, 2.24) is 0 Å². The Morgan fingerprint density at radius 2 is 1.57 bits per heavy atom. The largest absolute Gasteiger partial charge is 0.748 e. The Morgan fingerprint density at radius 3 is 2.28 bits per heavy atom. The average Bonchev–Trinajstić information content (AvgIpc) is 3.33. The topological polar surface area (TPSA) is 118 Å². The van der Waals surface area contributed by atoms with Crippen molar-refractivity contribution in [2.75, 3.05) is 29.5 Å². The van der Waals surface area contributed by atoms with Crippen LogP contribution in [0, 0.1) is 0 Å². The maximum atomic E-state index is 11.4. The van der Waals surface area contributed by atoms with Gasteiger partial charge in [0.05, 0.1) is 21.3 Å². The molecule has 3 aliphatic rings. The van der Waals surface area contributed by atoms with Crippen molar-refractivity contribution in [2.24, 2.45) is 0 Å². The van der Waals surface area contributed by atoms with Gasteiger partial charge in [0.15, 0.2) is 5.71 Å². The van der Waals surface area contributed by atoms with E-state index in [1.54, 1.807) is 0 Å². The molecule has 0 fully saturated rings. The van der Waals surface area contributed by atoms with E-state index in [9.17, 15) is 25.9 Å². The fourth-order valence-corrected chi connectivity index (χ4v) is 8.43. The Kier molecular flexibility index (Phi) is 10.1. The number of allylic oxidation sites excluding steroid dienone is 8. The van der Waals surface area contributed by atoms with Crippen LogP contribution >= 0.6 is 11.6 Å². The van der Waals surface area contributed by atoms with E-state index in [0.29, 0.717) is 18.1 Å². The summed E-state index contributed by atoms with van der Waals surface area (Å²) in [7, 11) is -8.37. The highest BCUT2D eigenvalue weighted by Gasteiger charge is 2.44. The maximum absolute atomic E-state index is 11.4. The maximum Gasteiger partial charge on any atom is 0.264 e. The fraction of sp³-hybridized carbons (Fsp3) is 0.417. The summed E-state index contributed by atoms with van der Waals surface area (Å²) in [6.07, 6.45) is 11.4. The molecule has 2 aromatic carbocycles. The average molecular weight is 699 g/mol. The summed E-state index contributed by atoms with van der Waals surface area (Å²) in [4.78, 5) is 2.14. The van der Waals surface area contributed by atoms with E-state index in [2.05, 4.69) is 73.6 Å². The van der Waals surface area contributed by atoms with Gasteiger partial charge in [-0.25, -0.2) is 8.42 Å². The molecule has 252 valence electrons. The van der Waals surface area contributed by atoms with Crippen molar-refractivity contribution in [2.45, 2.75) is 70.6 Å². The summed E-state index contributed by atoms with van der Waals surface area (Å²) in [5.41, 5.74) is 7.76. The second-order valence-electron chi connectivity index (χ2n) is 13.5. The zero-order valence-corrected chi connectivity index (χ0v) is 29.8. The third-order valence-corrected chi connectivity index (χ3v) is 11.6. The van der Waals surface area contributed by atoms with Gasteiger partial charge in [0.25, 0.3) is 10.1 Å². The normalized spacial score (nSPS) is 21.0. The lowest BCUT2D eigenvalue weighted by Crippen LogP contribution is -2.28. The van der Waals surface area contributed by atoms with Crippen LogP contribution in [0.2, 0.25) is 0 Å². The molecule has 0 aromatic heterocycles. The molecular weight excluding hydrogens is 656 g/mol. The molecule has 8 nitrogen and oxygen atoms in total. The molecule has 2 aromatic rings. The van der Waals surface area contributed by atoms with Gasteiger partial charge in [-0.1, -0.05) is 74.0 Å². The lowest BCUT2D eigenvalue weighted by molar-refractivity contribution is -0.437. The molecule has 2 heterocycles. The van der Waals surface area contributed by atoms with E-state index in [4.69, 9.17) is 11.6 Å². The molecule has 5 rings (SSSR count). The quantitative estimate of drug-likeness (QED) is 0.196. The first-order chi connectivity index (χ1) is 22.0. The van der Waals surface area contributed by atoms with Crippen molar-refractivity contribution in [3.05, 3.63) is 106 Å². The number of anilines is 1. The van der Waals surface area contributed by atoms with Crippen LogP contribution < -0.4 is 4.90 Å². The Labute approximate surface area is 284 Å². The van der Waals surface area contributed by atoms with Crippen LogP contribution in [0.4, 0.5) is 11.4 Å². The molecule has 0 saturated heterocycles. The van der Waals surface area contributed by atoms with Gasteiger partial charge in [-0.3, -0.25) is 4.55 Å². The van der Waals surface area contributed by atoms with Crippen molar-refractivity contribution >= 4 is 48.9 Å². The molecule has 0 saturated carbocycles. The van der Waals surface area contributed by atoms with Gasteiger partial charge in [-0.2, -0.15) is 13.0 Å². The molecule has 0 amide bonds. The second kappa shape index (κ2) is 13.5. The number of hydrogen-bond donors (Lipinski definition) is 1. The minimum Gasteiger partial charge on any atom is -0.748 e. The highest BCUT2D eigenvalue weighted by molar-refractivity contribution is 7.85. The van der Waals surface area contributed by atoms with Crippen LogP contribution in [0.25, 0.3) is 0 Å². The number of rotatable bonds is 11. The number of para-hydroxylation sites is 2. The minimum atomic E-state index is -4.31. The van der Waals surface area contributed by atoms with Crippen LogP contribution in [-0.2, 0) is 31.1 Å².